The van der Waals surface area contributed by atoms with E-state index in [9.17, 15) is 4.79 Å². The van der Waals surface area contributed by atoms with E-state index in [0.717, 1.165) is 28.9 Å². The standard InChI is InChI=1S/C19H22N4O/c1-12-6-2-4-8-15(12)22-19-20-11-13-10-17(24)21-16-9-5-3-7-14(16)18(13)23-19/h3,5,7,9,11-12,15H,2,4,6,8,10H2,1H3,(H,21,24)(H,20,22,23). The molecular weight excluding hydrogens is 300 g/mol. The topological polar surface area (TPSA) is 66.9 Å². The van der Waals surface area contributed by atoms with Crippen molar-refractivity contribution in [3.8, 4) is 11.3 Å². The van der Waals surface area contributed by atoms with Gasteiger partial charge in [0, 0.05) is 23.4 Å². The first kappa shape index (κ1) is 15.1. The van der Waals surface area contributed by atoms with Crippen LogP contribution in [0.5, 0.6) is 0 Å². The SMILES string of the molecule is CC1CCCCC1Nc1ncc2c(n1)-c1ccccc1NC(=O)C2. The lowest BCUT2D eigenvalue weighted by molar-refractivity contribution is -0.115. The second-order valence-electron chi connectivity index (χ2n) is 6.85. The van der Waals surface area contributed by atoms with Crippen LogP contribution < -0.4 is 10.6 Å². The lowest BCUT2D eigenvalue weighted by atomic mass is 9.86. The maximum absolute atomic E-state index is 12.1. The molecule has 5 heteroatoms. The van der Waals surface area contributed by atoms with Gasteiger partial charge in [-0.25, -0.2) is 9.97 Å². The summed E-state index contributed by atoms with van der Waals surface area (Å²) in [7, 11) is 0. The van der Waals surface area contributed by atoms with E-state index in [0.29, 0.717) is 24.3 Å². The molecule has 1 amide bonds. The number of carbonyl (C=O) groups excluding carboxylic acids is 1. The molecule has 1 aliphatic carbocycles. The van der Waals surface area contributed by atoms with Gasteiger partial charge in [-0.3, -0.25) is 4.79 Å². The smallest absolute Gasteiger partial charge is 0.228 e. The number of carbonyl (C=O) groups is 1. The van der Waals surface area contributed by atoms with Crippen LogP contribution in [0.15, 0.2) is 30.5 Å². The number of aromatic nitrogens is 2. The molecular formula is C19H22N4O. The molecule has 2 atom stereocenters. The molecule has 2 N–H and O–H groups in total. The van der Waals surface area contributed by atoms with Crippen molar-refractivity contribution in [1.82, 2.24) is 9.97 Å². The summed E-state index contributed by atoms with van der Waals surface area (Å²) in [6.07, 6.45) is 7.09. The van der Waals surface area contributed by atoms with E-state index in [-0.39, 0.29) is 5.91 Å². The number of para-hydroxylation sites is 1. The molecule has 2 aromatic rings. The van der Waals surface area contributed by atoms with Crippen molar-refractivity contribution in [1.29, 1.82) is 0 Å². The van der Waals surface area contributed by atoms with Gasteiger partial charge in [0.2, 0.25) is 11.9 Å². The third-order valence-corrected chi connectivity index (χ3v) is 5.10. The molecule has 5 nitrogen and oxygen atoms in total. The first-order chi connectivity index (χ1) is 11.7. The Morgan fingerprint density at radius 1 is 1.21 bits per heavy atom. The number of hydrogen-bond donors (Lipinski definition) is 2. The summed E-state index contributed by atoms with van der Waals surface area (Å²) in [5.41, 5.74) is 3.50. The van der Waals surface area contributed by atoms with Crippen LogP contribution in [0.4, 0.5) is 11.6 Å². The van der Waals surface area contributed by atoms with Crippen LogP contribution in [-0.4, -0.2) is 21.9 Å². The Morgan fingerprint density at radius 3 is 2.92 bits per heavy atom. The average Bonchev–Trinajstić information content (AvgIpc) is 2.72. The lowest BCUT2D eigenvalue weighted by Crippen LogP contribution is -2.31. The molecule has 2 unspecified atom stereocenters. The molecule has 1 aliphatic heterocycles. The van der Waals surface area contributed by atoms with Gasteiger partial charge in [-0.2, -0.15) is 0 Å². The maximum Gasteiger partial charge on any atom is 0.228 e. The quantitative estimate of drug-likeness (QED) is 0.886. The molecule has 2 aliphatic rings. The van der Waals surface area contributed by atoms with E-state index in [4.69, 9.17) is 4.98 Å². The van der Waals surface area contributed by atoms with Crippen molar-refractivity contribution in [2.45, 2.75) is 45.1 Å². The van der Waals surface area contributed by atoms with E-state index < -0.39 is 0 Å². The van der Waals surface area contributed by atoms with E-state index in [2.05, 4.69) is 22.5 Å². The molecule has 1 fully saturated rings. The average molecular weight is 322 g/mol. The van der Waals surface area contributed by atoms with Crippen molar-refractivity contribution >= 4 is 17.5 Å². The number of benzene rings is 1. The Kier molecular flexibility index (Phi) is 3.92. The van der Waals surface area contributed by atoms with Gasteiger partial charge in [0.1, 0.15) is 0 Å². The predicted octanol–water partition coefficient (Wildman–Crippen LogP) is 3.63. The summed E-state index contributed by atoms with van der Waals surface area (Å²) in [5, 5.41) is 6.47. The summed E-state index contributed by atoms with van der Waals surface area (Å²) in [5.74, 6) is 1.28. The lowest BCUT2D eigenvalue weighted by Gasteiger charge is -2.29. The molecule has 0 radical (unpaired) electrons. The number of anilines is 2. The van der Waals surface area contributed by atoms with Gasteiger partial charge in [0.05, 0.1) is 17.8 Å². The van der Waals surface area contributed by atoms with E-state index >= 15 is 0 Å². The van der Waals surface area contributed by atoms with E-state index in [1.54, 1.807) is 6.20 Å². The highest BCUT2D eigenvalue weighted by molar-refractivity contribution is 5.99. The van der Waals surface area contributed by atoms with E-state index in [1.807, 2.05) is 24.3 Å². The number of rotatable bonds is 2. The molecule has 124 valence electrons. The summed E-state index contributed by atoms with van der Waals surface area (Å²) in [6, 6.07) is 8.24. The summed E-state index contributed by atoms with van der Waals surface area (Å²) < 4.78 is 0. The highest BCUT2D eigenvalue weighted by atomic mass is 16.1. The highest BCUT2D eigenvalue weighted by Crippen LogP contribution is 2.33. The zero-order valence-electron chi connectivity index (χ0n) is 13.9. The summed E-state index contributed by atoms with van der Waals surface area (Å²) in [4.78, 5) is 21.3. The Morgan fingerprint density at radius 2 is 2.04 bits per heavy atom. The van der Waals surface area contributed by atoms with Crippen LogP contribution >= 0.6 is 0 Å². The number of nitrogens with zero attached hydrogens (tertiary/aromatic N) is 2. The van der Waals surface area contributed by atoms with Gasteiger partial charge >= 0.3 is 0 Å². The predicted molar refractivity (Wildman–Crippen MR) is 94.8 cm³/mol. The molecule has 1 saturated carbocycles. The third kappa shape index (κ3) is 2.86. The second-order valence-corrected chi connectivity index (χ2v) is 6.85. The second kappa shape index (κ2) is 6.23. The Balaban J connectivity index is 1.70. The van der Waals surface area contributed by atoms with Crippen LogP contribution in [0.1, 0.15) is 38.2 Å². The molecule has 0 bridgehead atoms. The van der Waals surface area contributed by atoms with Gasteiger partial charge < -0.3 is 10.6 Å². The Labute approximate surface area is 141 Å². The summed E-state index contributed by atoms with van der Waals surface area (Å²) in [6.45, 7) is 2.29. The van der Waals surface area contributed by atoms with Crippen molar-refractivity contribution in [2.24, 2.45) is 5.92 Å². The van der Waals surface area contributed by atoms with Crippen LogP contribution in [0.25, 0.3) is 11.3 Å². The number of fused-ring (bicyclic) bond motifs is 3. The molecule has 0 saturated heterocycles. The molecule has 4 rings (SSSR count). The van der Waals surface area contributed by atoms with Crippen LogP contribution in [0.3, 0.4) is 0 Å². The Hall–Kier alpha value is -2.43. The fourth-order valence-corrected chi connectivity index (χ4v) is 3.70. The van der Waals surface area contributed by atoms with Gasteiger partial charge in [-0.1, -0.05) is 38.0 Å². The number of amides is 1. The molecule has 2 heterocycles. The van der Waals surface area contributed by atoms with Gasteiger partial charge in [-0.05, 0) is 24.8 Å². The largest absolute Gasteiger partial charge is 0.351 e. The molecule has 1 aromatic heterocycles. The fraction of sp³-hybridized carbons (Fsp3) is 0.421. The number of nitrogens with one attached hydrogen (secondary N) is 2. The summed E-state index contributed by atoms with van der Waals surface area (Å²) >= 11 is 0. The first-order valence-electron chi connectivity index (χ1n) is 8.72. The van der Waals surface area contributed by atoms with Crippen LogP contribution in [-0.2, 0) is 11.2 Å². The minimum absolute atomic E-state index is 0.0218. The van der Waals surface area contributed by atoms with Crippen molar-refractivity contribution < 1.29 is 4.79 Å². The number of hydrogen-bond acceptors (Lipinski definition) is 4. The van der Waals surface area contributed by atoms with Crippen LogP contribution in [0.2, 0.25) is 0 Å². The zero-order valence-corrected chi connectivity index (χ0v) is 13.9. The highest BCUT2D eigenvalue weighted by Gasteiger charge is 2.24. The van der Waals surface area contributed by atoms with Crippen LogP contribution in [0, 0.1) is 5.92 Å². The molecule has 1 aromatic carbocycles. The minimum Gasteiger partial charge on any atom is -0.351 e. The van der Waals surface area contributed by atoms with Crippen molar-refractivity contribution in [2.75, 3.05) is 10.6 Å². The first-order valence-corrected chi connectivity index (χ1v) is 8.72. The minimum atomic E-state index is -0.0218. The maximum atomic E-state index is 12.1. The fourth-order valence-electron chi connectivity index (χ4n) is 3.70. The Bertz CT molecular complexity index is 774. The van der Waals surface area contributed by atoms with E-state index in [1.165, 1.54) is 19.3 Å². The normalized spacial score (nSPS) is 22.8. The van der Waals surface area contributed by atoms with Gasteiger partial charge in [-0.15, -0.1) is 0 Å². The molecule has 24 heavy (non-hydrogen) atoms. The molecule has 0 spiro atoms. The van der Waals surface area contributed by atoms with Crippen molar-refractivity contribution in [3.63, 3.8) is 0 Å². The zero-order chi connectivity index (χ0) is 16.5. The monoisotopic (exact) mass is 322 g/mol. The third-order valence-electron chi connectivity index (χ3n) is 5.10. The van der Waals surface area contributed by atoms with Gasteiger partial charge in [0.25, 0.3) is 0 Å². The van der Waals surface area contributed by atoms with Crippen molar-refractivity contribution in [3.05, 3.63) is 36.0 Å². The van der Waals surface area contributed by atoms with Gasteiger partial charge in [0.15, 0.2) is 0 Å².